The van der Waals surface area contributed by atoms with Crippen LogP contribution in [0.5, 0.6) is 0 Å². The van der Waals surface area contributed by atoms with Gasteiger partial charge in [0.2, 0.25) is 0 Å². The zero-order valence-corrected chi connectivity index (χ0v) is 15.2. The molecule has 28 heavy (non-hydrogen) atoms. The summed E-state index contributed by atoms with van der Waals surface area (Å²) in [6.45, 7) is 2.09. The fourth-order valence-corrected chi connectivity index (χ4v) is 3.33. The normalized spacial score (nSPS) is 12.3. The van der Waals surface area contributed by atoms with Gasteiger partial charge in [0, 0.05) is 17.1 Å². The lowest BCUT2D eigenvalue weighted by Gasteiger charge is -2.19. The van der Waals surface area contributed by atoms with Gasteiger partial charge in [0.25, 0.3) is 0 Å². The topological polar surface area (TPSA) is 92.3 Å². The second-order valence-electron chi connectivity index (χ2n) is 6.52. The van der Waals surface area contributed by atoms with E-state index >= 15 is 0 Å². The molecule has 0 bridgehead atoms. The van der Waals surface area contributed by atoms with Gasteiger partial charge >= 0.3 is 0 Å². The summed E-state index contributed by atoms with van der Waals surface area (Å²) in [7, 11) is 0. The zero-order valence-electron chi connectivity index (χ0n) is 15.2. The van der Waals surface area contributed by atoms with E-state index in [4.69, 9.17) is 4.98 Å². The van der Waals surface area contributed by atoms with E-state index in [0.717, 1.165) is 33.4 Å². The second-order valence-corrected chi connectivity index (χ2v) is 6.52. The molecule has 1 aromatic carbocycles. The Labute approximate surface area is 160 Å². The van der Waals surface area contributed by atoms with Crippen LogP contribution in [0.3, 0.4) is 0 Å². The number of H-pyrrole nitrogens is 1. The zero-order chi connectivity index (χ0) is 18.9. The highest BCUT2D eigenvalue weighted by molar-refractivity contribution is 5.84. The van der Waals surface area contributed by atoms with E-state index in [1.807, 2.05) is 36.4 Å². The van der Waals surface area contributed by atoms with Crippen molar-refractivity contribution in [2.45, 2.75) is 13.0 Å². The molecule has 0 aliphatic heterocycles. The Morgan fingerprint density at radius 1 is 0.964 bits per heavy atom. The number of rotatable bonds is 4. The highest BCUT2D eigenvalue weighted by Gasteiger charge is 2.17. The smallest absolute Gasteiger partial charge is 0.182 e. The highest BCUT2D eigenvalue weighted by atomic mass is 15.1. The molecule has 7 nitrogen and oxygen atoms in total. The Morgan fingerprint density at radius 3 is 2.75 bits per heavy atom. The van der Waals surface area contributed by atoms with Crippen molar-refractivity contribution in [3.05, 3.63) is 72.9 Å². The van der Waals surface area contributed by atoms with E-state index in [2.05, 4.69) is 49.3 Å². The lowest BCUT2D eigenvalue weighted by molar-refractivity contribution is 0.872. The molecule has 0 radical (unpaired) electrons. The van der Waals surface area contributed by atoms with Crippen LogP contribution in [0.15, 0.2) is 67.4 Å². The number of nitrogens with zero attached hydrogens (tertiary/aromatic N) is 5. The van der Waals surface area contributed by atoms with Gasteiger partial charge in [-0.05, 0) is 31.2 Å². The summed E-state index contributed by atoms with van der Waals surface area (Å²) in [5.74, 6) is 0.704. The van der Waals surface area contributed by atoms with Gasteiger partial charge in [0.15, 0.2) is 11.5 Å². The number of pyridine rings is 2. The van der Waals surface area contributed by atoms with Crippen LogP contribution >= 0.6 is 0 Å². The Kier molecular flexibility index (Phi) is 3.90. The summed E-state index contributed by atoms with van der Waals surface area (Å²) in [5.41, 5.74) is 5.09. The van der Waals surface area contributed by atoms with Gasteiger partial charge in [-0.1, -0.05) is 24.3 Å². The molecular formula is C21H17N7. The van der Waals surface area contributed by atoms with Crippen LogP contribution in [0.2, 0.25) is 0 Å². The summed E-state index contributed by atoms with van der Waals surface area (Å²) in [6.07, 6.45) is 4.91. The van der Waals surface area contributed by atoms with Crippen LogP contribution < -0.4 is 5.32 Å². The number of nitrogens with one attached hydrogen (secondary N) is 2. The third-order valence-electron chi connectivity index (χ3n) is 4.70. The molecule has 2 N–H and O–H groups in total. The molecular weight excluding hydrogens is 350 g/mol. The first-order valence-electron chi connectivity index (χ1n) is 9.01. The molecule has 0 unspecified atom stereocenters. The average Bonchev–Trinajstić information content (AvgIpc) is 3.23. The molecule has 136 valence electrons. The molecule has 0 spiro atoms. The van der Waals surface area contributed by atoms with Gasteiger partial charge in [-0.25, -0.2) is 19.9 Å². The molecule has 4 heterocycles. The van der Waals surface area contributed by atoms with Crippen LogP contribution in [0.4, 0.5) is 5.82 Å². The van der Waals surface area contributed by atoms with Gasteiger partial charge < -0.3 is 10.3 Å². The molecule has 0 amide bonds. The van der Waals surface area contributed by atoms with Crippen molar-refractivity contribution in [3.63, 3.8) is 0 Å². The minimum atomic E-state index is -0.0597. The number of hydrogen-bond donors (Lipinski definition) is 2. The van der Waals surface area contributed by atoms with Crippen molar-refractivity contribution in [3.8, 4) is 11.4 Å². The van der Waals surface area contributed by atoms with E-state index in [0.29, 0.717) is 11.5 Å². The summed E-state index contributed by atoms with van der Waals surface area (Å²) in [5, 5.41) is 4.56. The van der Waals surface area contributed by atoms with Crippen LogP contribution in [0, 0.1) is 0 Å². The Hall–Kier alpha value is -3.87. The predicted octanol–water partition coefficient (Wildman–Crippen LogP) is 4.14. The predicted molar refractivity (Wildman–Crippen MR) is 109 cm³/mol. The fraction of sp³-hybridized carbons (Fsp3) is 0.0952. The largest absolute Gasteiger partial charge is 0.362 e. The molecule has 0 saturated carbocycles. The maximum absolute atomic E-state index is 4.91. The van der Waals surface area contributed by atoms with Crippen molar-refractivity contribution in [2.24, 2.45) is 0 Å². The molecule has 0 aliphatic rings. The van der Waals surface area contributed by atoms with Crippen LogP contribution in [0.25, 0.3) is 33.5 Å². The lowest BCUT2D eigenvalue weighted by atomic mass is 10.0. The van der Waals surface area contributed by atoms with Crippen molar-refractivity contribution < 1.29 is 0 Å². The monoisotopic (exact) mass is 367 g/mol. The number of hydrogen-bond acceptors (Lipinski definition) is 6. The third kappa shape index (κ3) is 2.83. The minimum Gasteiger partial charge on any atom is -0.362 e. The molecule has 5 rings (SSSR count). The Morgan fingerprint density at radius 2 is 1.86 bits per heavy atom. The summed E-state index contributed by atoms with van der Waals surface area (Å²) in [4.78, 5) is 25.3. The van der Waals surface area contributed by atoms with E-state index in [1.165, 1.54) is 6.33 Å². The van der Waals surface area contributed by atoms with Gasteiger partial charge in [0.05, 0.1) is 29.3 Å². The van der Waals surface area contributed by atoms with Gasteiger partial charge in [0.1, 0.15) is 11.8 Å². The maximum Gasteiger partial charge on any atom is 0.182 e. The molecule has 5 aromatic rings. The van der Waals surface area contributed by atoms with Crippen molar-refractivity contribution in [1.82, 2.24) is 29.9 Å². The molecule has 1 atom stereocenters. The standard InChI is InChI=1S/C21H17N7/c1-13(27-21-19-20(24-11-23-19)25-12-26-21)15-10-14-6-2-3-7-16(14)28-18(15)17-8-4-5-9-22-17/h2-13H,1H3,(H2,23,24,25,26,27)/t13-/m0/s1. The lowest BCUT2D eigenvalue weighted by Crippen LogP contribution is -2.11. The number of para-hydroxylation sites is 1. The van der Waals surface area contributed by atoms with Crippen LogP contribution in [-0.4, -0.2) is 29.9 Å². The number of fused-ring (bicyclic) bond motifs is 2. The molecule has 7 heteroatoms. The number of anilines is 1. The molecule has 0 saturated heterocycles. The molecule has 0 fully saturated rings. The summed E-state index contributed by atoms with van der Waals surface area (Å²) in [6, 6.07) is 16.1. The quantitative estimate of drug-likeness (QED) is 0.496. The van der Waals surface area contributed by atoms with E-state index < -0.39 is 0 Å². The SMILES string of the molecule is C[C@H](Nc1ncnc2nc[nH]c12)c1cc2ccccc2nc1-c1ccccn1. The highest BCUT2D eigenvalue weighted by Crippen LogP contribution is 2.31. The fourth-order valence-electron chi connectivity index (χ4n) is 3.33. The number of imidazole rings is 1. The van der Waals surface area contributed by atoms with E-state index in [-0.39, 0.29) is 6.04 Å². The first-order valence-corrected chi connectivity index (χ1v) is 9.01. The van der Waals surface area contributed by atoms with Gasteiger partial charge in [-0.3, -0.25) is 4.98 Å². The third-order valence-corrected chi connectivity index (χ3v) is 4.70. The molecule has 4 aromatic heterocycles. The van der Waals surface area contributed by atoms with E-state index in [1.54, 1.807) is 12.5 Å². The van der Waals surface area contributed by atoms with Gasteiger partial charge in [-0.2, -0.15) is 0 Å². The van der Waals surface area contributed by atoms with Crippen molar-refractivity contribution in [2.75, 3.05) is 5.32 Å². The Bertz CT molecular complexity index is 1260. The average molecular weight is 367 g/mol. The van der Waals surface area contributed by atoms with Crippen LogP contribution in [-0.2, 0) is 0 Å². The maximum atomic E-state index is 4.91. The first-order chi connectivity index (χ1) is 13.8. The van der Waals surface area contributed by atoms with Crippen LogP contribution in [0.1, 0.15) is 18.5 Å². The summed E-state index contributed by atoms with van der Waals surface area (Å²) >= 11 is 0. The number of benzene rings is 1. The first kappa shape index (κ1) is 16.3. The Balaban J connectivity index is 1.63. The minimum absolute atomic E-state index is 0.0597. The number of aromatic amines is 1. The van der Waals surface area contributed by atoms with Crippen molar-refractivity contribution >= 4 is 27.9 Å². The van der Waals surface area contributed by atoms with Gasteiger partial charge in [-0.15, -0.1) is 0 Å². The molecule has 0 aliphatic carbocycles. The second kappa shape index (κ2) is 6.70. The summed E-state index contributed by atoms with van der Waals surface area (Å²) < 4.78 is 0. The number of aromatic nitrogens is 6. The van der Waals surface area contributed by atoms with Crippen molar-refractivity contribution in [1.29, 1.82) is 0 Å². The van der Waals surface area contributed by atoms with E-state index in [9.17, 15) is 0 Å².